The van der Waals surface area contributed by atoms with Crippen LogP contribution in [0.5, 0.6) is 0 Å². The Morgan fingerprint density at radius 1 is 0.264 bits per heavy atom. The number of rotatable bonds is 72. The van der Waals surface area contributed by atoms with E-state index in [0.717, 1.165) is 186 Å². The van der Waals surface area contributed by atoms with Crippen LogP contribution in [0, 0.1) is 0 Å². The Hall–Kier alpha value is -6.10. The first-order valence-electron chi connectivity index (χ1n) is 39.7. The zero-order valence-corrected chi connectivity index (χ0v) is 67.1. The molecule has 3 N–H and O–H groups in total. The quantitative estimate of drug-likeness (QED) is 0.0169. The minimum atomic E-state index is -5.01. The number of phosphoric acid groups is 2. The van der Waals surface area contributed by atoms with Gasteiger partial charge in [0.2, 0.25) is 0 Å². The van der Waals surface area contributed by atoms with Crippen molar-refractivity contribution in [2.45, 2.75) is 290 Å². The van der Waals surface area contributed by atoms with Gasteiger partial charge in [-0.15, -0.1) is 0 Å². The highest BCUT2D eigenvalue weighted by Gasteiger charge is 2.30. The van der Waals surface area contributed by atoms with E-state index < -0.39 is 97.5 Å². The molecule has 0 aromatic carbocycles. The third-order valence-electron chi connectivity index (χ3n) is 15.5. The van der Waals surface area contributed by atoms with Crippen molar-refractivity contribution in [3.8, 4) is 0 Å². The van der Waals surface area contributed by atoms with E-state index in [1.807, 2.05) is 0 Å². The monoisotopic (exact) mass is 1520 g/mol. The zero-order chi connectivity index (χ0) is 77.4. The third kappa shape index (κ3) is 76.1. The number of aliphatic hydroxyl groups excluding tert-OH is 1. The lowest BCUT2D eigenvalue weighted by molar-refractivity contribution is -0.161. The molecule has 0 aliphatic heterocycles. The molecule has 0 saturated carbocycles. The van der Waals surface area contributed by atoms with E-state index in [4.69, 9.17) is 37.0 Å². The van der Waals surface area contributed by atoms with Gasteiger partial charge < -0.3 is 33.8 Å². The third-order valence-corrected chi connectivity index (χ3v) is 17.4. The van der Waals surface area contributed by atoms with Crippen LogP contribution < -0.4 is 0 Å². The molecule has 0 rings (SSSR count). The lowest BCUT2D eigenvalue weighted by atomic mass is 10.1. The van der Waals surface area contributed by atoms with Gasteiger partial charge >= 0.3 is 39.5 Å². The van der Waals surface area contributed by atoms with Crippen LogP contribution in [0.4, 0.5) is 0 Å². The number of phosphoric ester groups is 2. The average Bonchev–Trinajstić information content (AvgIpc) is 0.909. The molecule has 0 saturated heterocycles. The second-order valence-corrected chi connectivity index (χ2v) is 28.4. The van der Waals surface area contributed by atoms with Crippen LogP contribution >= 0.6 is 15.6 Å². The van der Waals surface area contributed by atoms with Crippen LogP contribution in [-0.2, 0) is 65.4 Å². The van der Waals surface area contributed by atoms with Crippen molar-refractivity contribution in [1.82, 2.24) is 0 Å². The van der Waals surface area contributed by atoms with Crippen LogP contribution in [0.1, 0.15) is 272 Å². The number of carbonyl (C=O) groups excluding carboxylic acids is 4. The molecule has 0 aliphatic carbocycles. The number of ether oxygens (including phenoxy) is 4. The molecule has 19 heteroatoms. The molecule has 0 fully saturated rings. The first-order valence-corrected chi connectivity index (χ1v) is 42.7. The summed E-state index contributed by atoms with van der Waals surface area (Å²) in [7, 11) is -10.0. The number of hydrogen-bond acceptors (Lipinski definition) is 15. The van der Waals surface area contributed by atoms with Gasteiger partial charge in [0.25, 0.3) is 0 Å². The molecule has 0 aromatic heterocycles. The minimum absolute atomic E-state index is 0.0282. The standard InChI is InChI=1S/C87H138O17P2/c1-5-9-13-17-21-25-29-33-37-39-40-42-46-48-52-56-60-64-68-72-85(90)98-78-83(104-87(92)74-70-66-62-58-54-50-44-36-32-28-24-20-16-12-8-4)80-102-106(95,96)100-76-81(88)75-99-105(93,94)101-79-82(103-86(91)73-69-65-61-57-53-49-43-35-31-27-23-19-15-11-7-3)77-97-84(89)71-67-63-59-55-51-47-45-41-38-34-30-26-22-18-14-10-6-2/h9-16,21-28,33-38,40,42-45,47-48,52-53,57,81-83,88H,5-8,17-20,29-32,39,41,46,49-51,54-56,58-80H2,1-4H3,(H,93,94)(H,95,96)/b13-9-,14-10-,15-11-,16-12-,25-21-,26-22-,27-23-,28-24-,37-33-,38-34-,42-40-,43-35-,44-36-,47-45-,52-48-,57-53-. The Kier molecular flexibility index (Phi) is 72.6. The van der Waals surface area contributed by atoms with Crippen molar-refractivity contribution in [1.29, 1.82) is 0 Å². The highest BCUT2D eigenvalue weighted by atomic mass is 31.2. The number of hydrogen-bond donors (Lipinski definition) is 3. The molecule has 5 atom stereocenters. The van der Waals surface area contributed by atoms with E-state index >= 15 is 0 Å². The molecule has 5 unspecified atom stereocenters. The molecule has 598 valence electrons. The van der Waals surface area contributed by atoms with Gasteiger partial charge in [-0.3, -0.25) is 37.3 Å². The minimum Gasteiger partial charge on any atom is -0.462 e. The van der Waals surface area contributed by atoms with Crippen LogP contribution in [0.15, 0.2) is 194 Å². The van der Waals surface area contributed by atoms with Crippen molar-refractivity contribution >= 4 is 39.5 Å². The molecular formula is C87H138O17P2. The molecule has 0 amide bonds. The summed E-state index contributed by atoms with van der Waals surface area (Å²) >= 11 is 0. The molecular weight excluding hydrogens is 1380 g/mol. The summed E-state index contributed by atoms with van der Waals surface area (Å²) in [5, 5.41) is 10.6. The van der Waals surface area contributed by atoms with Crippen LogP contribution in [0.2, 0.25) is 0 Å². The SMILES string of the molecule is CC/C=C\C/C=C\C/C=C\C/C=C\C/C=C\CCCCCC(=O)OCC(COP(=O)(O)OCC(O)COP(=O)(O)OCC(COC(=O)CCCCCC/C=C\C/C=C\C/C=C\C/C=C\CC)OC(=O)CCCC/C=C\C/C=C\C/C=C\C/C=C\CC)OC(=O)CCCCCCC/C=C\C/C=C\C/C=C\CC. The summed E-state index contributed by atoms with van der Waals surface area (Å²) < 4.78 is 68.5. The molecule has 0 aliphatic rings. The van der Waals surface area contributed by atoms with E-state index in [1.165, 1.54) is 0 Å². The molecule has 0 spiro atoms. The highest BCUT2D eigenvalue weighted by Crippen LogP contribution is 2.45. The van der Waals surface area contributed by atoms with Crippen molar-refractivity contribution in [3.63, 3.8) is 0 Å². The number of esters is 4. The Labute approximate surface area is 640 Å². The second-order valence-electron chi connectivity index (χ2n) is 25.5. The Balaban J connectivity index is 5.49. The fraction of sp³-hybridized carbons (Fsp3) is 0.586. The first-order chi connectivity index (χ1) is 51.7. The molecule has 0 heterocycles. The predicted molar refractivity (Wildman–Crippen MR) is 436 cm³/mol. The first kappa shape index (κ1) is 99.9. The van der Waals surface area contributed by atoms with Gasteiger partial charge in [0.05, 0.1) is 26.4 Å². The molecule has 17 nitrogen and oxygen atoms in total. The topological polar surface area (TPSA) is 237 Å². The average molecular weight is 1520 g/mol. The molecule has 0 bridgehead atoms. The fourth-order valence-corrected chi connectivity index (χ4v) is 11.2. The van der Waals surface area contributed by atoms with E-state index in [1.54, 1.807) is 0 Å². The van der Waals surface area contributed by atoms with Gasteiger partial charge in [-0.2, -0.15) is 0 Å². The van der Waals surface area contributed by atoms with Crippen molar-refractivity contribution in [2.75, 3.05) is 39.6 Å². The second kappa shape index (κ2) is 77.1. The Morgan fingerprint density at radius 3 is 0.736 bits per heavy atom. The lowest BCUT2D eigenvalue weighted by Gasteiger charge is -2.21. The van der Waals surface area contributed by atoms with Crippen molar-refractivity contribution in [2.24, 2.45) is 0 Å². The van der Waals surface area contributed by atoms with Crippen LogP contribution in [0.25, 0.3) is 0 Å². The van der Waals surface area contributed by atoms with Gasteiger partial charge in [-0.1, -0.05) is 261 Å². The molecule has 106 heavy (non-hydrogen) atoms. The van der Waals surface area contributed by atoms with Gasteiger partial charge in [0.15, 0.2) is 12.2 Å². The summed E-state index contributed by atoms with van der Waals surface area (Å²) in [4.78, 5) is 73.0. The maximum absolute atomic E-state index is 13.1. The van der Waals surface area contributed by atoms with E-state index in [0.29, 0.717) is 32.1 Å². The maximum Gasteiger partial charge on any atom is 0.472 e. The summed E-state index contributed by atoms with van der Waals surface area (Å²) in [6, 6.07) is 0. The van der Waals surface area contributed by atoms with Crippen molar-refractivity contribution in [3.05, 3.63) is 194 Å². The summed E-state index contributed by atoms with van der Waals surface area (Å²) in [5.41, 5.74) is 0. The number of allylic oxidation sites excluding steroid dienone is 32. The predicted octanol–water partition coefficient (Wildman–Crippen LogP) is 23.3. The van der Waals surface area contributed by atoms with E-state index in [9.17, 15) is 43.2 Å². The lowest BCUT2D eigenvalue weighted by Crippen LogP contribution is -2.30. The van der Waals surface area contributed by atoms with Crippen LogP contribution in [0.3, 0.4) is 0 Å². The normalized spacial score (nSPS) is 14.9. The number of carbonyl (C=O) groups is 4. The summed E-state index contributed by atoms with van der Waals surface area (Å²) in [6.07, 6.45) is 94.2. The number of aliphatic hydroxyl groups is 1. The Morgan fingerprint density at radius 2 is 0.462 bits per heavy atom. The van der Waals surface area contributed by atoms with Crippen molar-refractivity contribution < 1.29 is 80.2 Å². The van der Waals surface area contributed by atoms with Gasteiger partial charge in [0, 0.05) is 25.7 Å². The highest BCUT2D eigenvalue weighted by molar-refractivity contribution is 7.47. The largest absolute Gasteiger partial charge is 0.472 e. The summed E-state index contributed by atoms with van der Waals surface area (Å²) in [6.45, 7) is 4.25. The number of unbranched alkanes of at least 4 members (excludes halogenated alkanes) is 14. The smallest absolute Gasteiger partial charge is 0.462 e. The molecule has 0 radical (unpaired) electrons. The van der Waals surface area contributed by atoms with E-state index in [2.05, 4.69) is 222 Å². The zero-order valence-electron chi connectivity index (χ0n) is 65.3. The van der Waals surface area contributed by atoms with Gasteiger partial charge in [0.1, 0.15) is 19.3 Å². The van der Waals surface area contributed by atoms with Gasteiger partial charge in [-0.05, 0) is 180 Å². The van der Waals surface area contributed by atoms with Crippen LogP contribution in [-0.4, -0.2) is 96.7 Å². The van der Waals surface area contributed by atoms with Gasteiger partial charge in [-0.25, -0.2) is 9.13 Å². The Bertz CT molecular complexity index is 2780. The maximum atomic E-state index is 13.1. The fourth-order valence-electron chi connectivity index (χ4n) is 9.65. The van der Waals surface area contributed by atoms with E-state index in [-0.39, 0.29) is 25.7 Å². The molecule has 0 aromatic rings. The summed E-state index contributed by atoms with van der Waals surface area (Å²) in [5.74, 6) is -2.33.